The molecule has 0 saturated heterocycles. The lowest BCUT2D eigenvalue weighted by atomic mass is 9.91. The average Bonchev–Trinajstić information content (AvgIpc) is 3.13. The number of aliphatic carboxylic acids is 1. The number of carboxylic acid groups (broad SMARTS) is 1. The van der Waals surface area contributed by atoms with E-state index >= 15 is 0 Å². The first kappa shape index (κ1) is 23.1. The summed E-state index contributed by atoms with van der Waals surface area (Å²) < 4.78 is 2.25. The summed E-state index contributed by atoms with van der Waals surface area (Å²) in [6.45, 7) is 0. The van der Waals surface area contributed by atoms with Gasteiger partial charge in [0.25, 0.3) is 0 Å². The second-order valence-corrected chi connectivity index (χ2v) is 9.29. The summed E-state index contributed by atoms with van der Waals surface area (Å²) in [5, 5.41) is 24.3. The van der Waals surface area contributed by atoms with Gasteiger partial charge >= 0.3 is 5.97 Å². The third kappa shape index (κ3) is 5.29. The molecule has 1 atom stereocenters. The van der Waals surface area contributed by atoms with E-state index in [2.05, 4.69) is 41.0 Å². The van der Waals surface area contributed by atoms with Gasteiger partial charge in [-0.25, -0.2) is 0 Å². The molecule has 33 heavy (non-hydrogen) atoms. The number of carbonyl (C=O) groups is 1. The Morgan fingerprint density at radius 3 is 2.61 bits per heavy atom. The Labute approximate surface area is 195 Å². The third-order valence-corrected chi connectivity index (χ3v) is 7.13. The largest absolute Gasteiger partial charge is 0.481 e. The fraction of sp³-hybridized carbons (Fsp3) is 0.429. The Balaban J connectivity index is 1.40. The van der Waals surface area contributed by atoms with Gasteiger partial charge in [0.15, 0.2) is 0 Å². The van der Waals surface area contributed by atoms with Crippen LogP contribution in [-0.4, -0.2) is 26.6 Å². The number of nitrogens with zero attached hydrogens (tertiary/aromatic N) is 2. The van der Waals surface area contributed by atoms with Gasteiger partial charge in [-0.15, -0.1) is 0 Å². The quantitative estimate of drug-likeness (QED) is 0.170. The van der Waals surface area contributed by atoms with Crippen molar-refractivity contribution in [3.63, 3.8) is 0 Å². The summed E-state index contributed by atoms with van der Waals surface area (Å²) in [4.78, 5) is 11.9. The number of benzene rings is 2. The molecule has 0 radical (unpaired) electrons. The smallest absolute Gasteiger partial charge is 0.306 e. The van der Waals surface area contributed by atoms with Crippen molar-refractivity contribution in [1.82, 2.24) is 4.57 Å². The molecule has 0 amide bonds. The molecule has 3 aromatic rings. The number of aryl methyl sites for hydroxylation is 3. The van der Waals surface area contributed by atoms with Crippen molar-refractivity contribution in [1.29, 1.82) is 0 Å². The van der Waals surface area contributed by atoms with Gasteiger partial charge in [-0.05, 0) is 62.1 Å². The molecule has 1 aromatic heterocycles. The minimum atomic E-state index is -0.824. The molecular weight excluding hydrogens is 412 g/mol. The molecule has 1 heterocycles. The first-order valence-electron chi connectivity index (χ1n) is 12.2. The predicted octanol–water partition coefficient (Wildman–Crippen LogP) is 6.13. The highest BCUT2D eigenvalue weighted by molar-refractivity contribution is 6.04. The van der Waals surface area contributed by atoms with Crippen LogP contribution in [-0.2, 0) is 31.1 Å². The standard InChI is InChI=1S/C28H34N2O3/c1-30-26-15-9-8-14-23(26)24-17-16-21(19-27(24)30)25(29-33)18-22(28(31)32)13-7-3-6-12-20-10-4-2-5-11-20/h2,4-5,10-11,16-17,19,22,33H,3,6-9,12-15,18H2,1H3,(H,31,32)/t22-/m0/s1. The van der Waals surface area contributed by atoms with Crippen molar-refractivity contribution in [2.24, 2.45) is 18.1 Å². The minimum absolute atomic E-state index is 0.236. The van der Waals surface area contributed by atoms with Crippen LogP contribution in [0.4, 0.5) is 0 Å². The van der Waals surface area contributed by atoms with Gasteiger partial charge in [0, 0.05) is 35.6 Å². The predicted molar refractivity (Wildman–Crippen MR) is 132 cm³/mol. The zero-order chi connectivity index (χ0) is 23.2. The van der Waals surface area contributed by atoms with Crippen LogP contribution in [0.3, 0.4) is 0 Å². The van der Waals surface area contributed by atoms with Crippen LogP contribution in [0.2, 0.25) is 0 Å². The number of hydrogen-bond acceptors (Lipinski definition) is 3. The van der Waals surface area contributed by atoms with Crippen LogP contribution in [0.1, 0.15) is 67.3 Å². The first-order valence-corrected chi connectivity index (χ1v) is 12.2. The number of oxime groups is 1. The van der Waals surface area contributed by atoms with E-state index in [4.69, 9.17) is 0 Å². The molecule has 0 aliphatic heterocycles. The Hall–Kier alpha value is -3.08. The molecule has 0 unspecified atom stereocenters. The molecule has 2 aromatic carbocycles. The molecule has 5 nitrogen and oxygen atoms in total. The lowest BCUT2D eigenvalue weighted by Gasteiger charge is -2.14. The number of fused-ring (bicyclic) bond motifs is 3. The van der Waals surface area contributed by atoms with Crippen molar-refractivity contribution in [3.8, 4) is 0 Å². The molecule has 4 rings (SSSR count). The van der Waals surface area contributed by atoms with E-state index in [0.29, 0.717) is 12.1 Å². The molecule has 2 N–H and O–H groups in total. The van der Waals surface area contributed by atoms with Crippen LogP contribution < -0.4 is 0 Å². The Kier molecular flexibility index (Phi) is 7.48. The highest BCUT2D eigenvalue weighted by Gasteiger charge is 2.23. The third-order valence-electron chi connectivity index (χ3n) is 7.13. The van der Waals surface area contributed by atoms with Gasteiger partial charge in [-0.3, -0.25) is 4.79 Å². The summed E-state index contributed by atoms with van der Waals surface area (Å²) in [6.07, 6.45) is 9.39. The highest BCUT2D eigenvalue weighted by Crippen LogP contribution is 2.32. The summed E-state index contributed by atoms with van der Waals surface area (Å²) >= 11 is 0. The number of hydrogen-bond donors (Lipinski definition) is 2. The molecule has 174 valence electrons. The molecule has 1 aliphatic rings. The van der Waals surface area contributed by atoms with Crippen molar-refractivity contribution in [3.05, 3.63) is 70.9 Å². The second kappa shape index (κ2) is 10.7. The van der Waals surface area contributed by atoms with Crippen molar-refractivity contribution < 1.29 is 15.1 Å². The molecule has 5 heteroatoms. The van der Waals surface area contributed by atoms with Gasteiger partial charge in [0.05, 0.1) is 11.6 Å². The van der Waals surface area contributed by atoms with E-state index in [9.17, 15) is 15.1 Å². The Morgan fingerprint density at radius 2 is 1.85 bits per heavy atom. The maximum atomic E-state index is 11.9. The van der Waals surface area contributed by atoms with E-state index in [1.807, 2.05) is 24.3 Å². The van der Waals surface area contributed by atoms with Gasteiger partial charge in [-0.2, -0.15) is 0 Å². The lowest BCUT2D eigenvalue weighted by Crippen LogP contribution is -2.19. The van der Waals surface area contributed by atoms with Crippen LogP contribution in [0.15, 0.2) is 53.7 Å². The van der Waals surface area contributed by atoms with E-state index in [1.54, 1.807) is 0 Å². The monoisotopic (exact) mass is 446 g/mol. The number of unbranched alkanes of at least 4 members (excludes halogenated alkanes) is 2. The van der Waals surface area contributed by atoms with Gasteiger partial charge in [0.2, 0.25) is 0 Å². The van der Waals surface area contributed by atoms with Gasteiger partial charge in [-0.1, -0.05) is 60.5 Å². The summed E-state index contributed by atoms with van der Waals surface area (Å²) in [5.74, 6) is -1.38. The molecular formula is C28H34N2O3. The molecule has 0 fully saturated rings. The van der Waals surface area contributed by atoms with Crippen LogP contribution >= 0.6 is 0 Å². The van der Waals surface area contributed by atoms with Gasteiger partial charge in [0.1, 0.15) is 0 Å². The zero-order valence-electron chi connectivity index (χ0n) is 19.5. The minimum Gasteiger partial charge on any atom is -0.481 e. The van der Waals surface area contributed by atoms with Crippen molar-refractivity contribution in [2.45, 2.75) is 64.2 Å². The fourth-order valence-electron chi connectivity index (χ4n) is 5.24. The number of rotatable bonds is 10. The maximum Gasteiger partial charge on any atom is 0.306 e. The van der Waals surface area contributed by atoms with E-state index in [1.165, 1.54) is 35.0 Å². The first-order chi connectivity index (χ1) is 16.1. The van der Waals surface area contributed by atoms with Crippen LogP contribution in [0, 0.1) is 5.92 Å². The van der Waals surface area contributed by atoms with Gasteiger partial charge < -0.3 is 14.9 Å². The van der Waals surface area contributed by atoms with E-state index < -0.39 is 11.9 Å². The molecule has 0 bridgehead atoms. The maximum absolute atomic E-state index is 11.9. The second-order valence-electron chi connectivity index (χ2n) is 9.29. The van der Waals surface area contributed by atoms with Crippen molar-refractivity contribution >= 4 is 22.6 Å². The molecule has 0 spiro atoms. The van der Waals surface area contributed by atoms with Crippen molar-refractivity contribution in [2.75, 3.05) is 0 Å². The van der Waals surface area contributed by atoms with E-state index in [0.717, 1.165) is 49.6 Å². The van der Waals surface area contributed by atoms with Crippen LogP contribution in [0.5, 0.6) is 0 Å². The number of aromatic nitrogens is 1. The SMILES string of the molecule is Cn1c2c(c3ccc(C(C[C@H](CCCCCc4ccccc4)C(=O)O)=NO)cc31)CCCC2. The molecule has 1 aliphatic carbocycles. The molecule has 0 saturated carbocycles. The zero-order valence-corrected chi connectivity index (χ0v) is 19.5. The Morgan fingerprint density at radius 1 is 1.06 bits per heavy atom. The highest BCUT2D eigenvalue weighted by atomic mass is 16.4. The summed E-state index contributed by atoms with van der Waals surface area (Å²) in [7, 11) is 2.10. The summed E-state index contributed by atoms with van der Waals surface area (Å²) in [5.41, 5.74) is 6.54. The average molecular weight is 447 g/mol. The van der Waals surface area contributed by atoms with Crippen LogP contribution in [0.25, 0.3) is 10.9 Å². The topological polar surface area (TPSA) is 74.8 Å². The summed E-state index contributed by atoms with van der Waals surface area (Å²) in [6, 6.07) is 16.5. The van der Waals surface area contributed by atoms with E-state index in [-0.39, 0.29) is 6.42 Å². The Bertz CT molecular complexity index is 1130. The lowest BCUT2D eigenvalue weighted by molar-refractivity contribution is -0.141. The number of carboxylic acids is 1. The normalized spacial score (nSPS) is 14.9. The fourth-order valence-corrected chi connectivity index (χ4v) is 5.24.